The fourth-order valence-electron chi connectivity index (χ4n) is 2.95. The highest BCUT2D eigenvalue weighted by Gasteiger charge is 2.17. The molecule has 0 amide bonds. The summed E-state index contributed by atoms with van der Waals surface area (Å²) in [4.78, 5) is 2.67. The van der Waals surface area contributed by atoms with Crippen LogP contribution in [0.2, 0.25) is 0 Å². The Balaban J connectivity index is 2.25. The molecule has 1 heterocycles. The van der Waals surface area contributed by atoms with Gasteiger partial charge in [0.2, 0.25) is 0 Å². The monoisotopic (exact) mass is 272 g/mol. The highest BCUT2D eigenvalue weighted by atomic mass is 32.2. The fraction of sp³-hybridized carbons (Fsp3) is 1.00. The molecule has 0 radical (unpaired) electrons. The molecule has 2 atom stereocenters. The lowest BCUT2D eigenvalue weighted by Crippen LogP contribution is -2.29. The van der Waals surface area contributed by atoms with Gasteiger partial charge in [0.25, 0.3) is 0 Å². The molecule has 0 aromatic rings. The quantitative estimate of drug-likeness (QED) is 0.771. The van der Waals surface area contributed by atoms with Gasteiger partial charge in [-0.1, -0.05) is 13.8 Å². The third kappa shape index (κ3) is 6.44. The second kappa shape index (κ2) is 9.22. The largest absolute Gasteiger partial charge is 0.330 e. The fourth-order valence-corrected chi connectivity index (χ4v) is 3.69. The van der Waals surface area contributed by atoms with Gasteiger partial charge in [-0.05, 0) is 76.4 Å². The minimum Gasteiger partial charge on any atom is -0.330 e. The molecular formula is C15H32N2S. The maximum Gasteiger partial charge on any atom is 0.00569 e. The van der Waals surface area contributed by atoms with Gasteiger partial charge in [0.1, 0.15) is 0 Å². The average molecular weight is 273 g/mol. The summed E-state index contributed by atoms with van der Waals surface area (Å²) < 4.78 is 0. The van der Waals surface area contributed by atoms with Crippen LogP contribution in [0.1, 0.15) is 46.0 Å². The van der Waals surface area contributed by atoms with E-state index < -0.39 is 0 Å². The Kier molecular flexibility index (Phi) is 8.36. The lowest BCUT2D eigenvalue weighted by Gasteiger charge is -2.24. The highest BCUT2D eigenvalue weighted by molar-refractivity contribution is 7.99. The van der Waals surface area contributed by atoms with Gasteiger partial charge in [0.15, 0.2) is 0 Å². The zero-order valence-electron chi connectivity index (χ0n) is 12.5. The van der Waals surface area contributed by atoms with Crippen molar-refractivity contribution in [1.29, 1.82) is 0 Å². The van der Waals surface area contributed by atoms with Crippen LogP contribution < -0.4 is 5.73 Å². The highest BCUT2D eigenvalue weighted by Crippen LogP contribution is 2.22. The molecule has 0 saturated carbocycles. The second-order valence-electron chi connectivity index (χ2n) is 6.15. The van der Waals surface area contributed by atoms with Crippen LogP contribution in [0.15, 0.2) is 0 Å². The third-order valence-corrected chi connectivity index (χ3v) is 5.23. The molecule has 2 nitrogen and oxygen atoms in total. The first kappa shape index (κ1) is 16.3. The van der Waals surface area contributed by atoms with E-state index in [0.717, 1.165) is 23.6 Å². The van der Waals surface area contributed by atoms with Gasteiger partial charge in [-0.2, -0.15) is 11.8 Å². The van der Waals surface area contributed by atoms with Crippen LogP contribution in [-0.2, 0) is 0 Å². The Morgan fingerprint density at radius 2 is 2.06 bits per heavy atom. The van der Waals surface area contributed by atoms with E-state index in [0.29, 0.717) is 0 Å². The first-order valence-electron chi connectivity index (χ1n) is 7.61. The van der Waals surface area contributed by atoms with Crippen molar-refractivity contribution < 1.29 is 0 Å². The molecule has 1 aliphatic rings. The van der Waals surface area contributed by atoms with Crippen LogP contribution in [0, 0.1) is 11.8 Å². The van der Waals surface area contributed by atoms with E-state index in [9.17, 15) is 0 Å². The number of rotatable bonds is 7. The van der Waals surface area contributed by atoms with Crippen molar-refractivity contribution in [3.05, 3.63) is 0 Å². The Morgan fingerprint density at radius 1 is 1.28 bits per heavy atom. The number of nitrogens with zero attached hydrogens (tertiary/aromatic N) is 1. The minimum atomic E-state index is 0.726. The van der Waals surface area contributed by atoms with Gasteiger partial charge in [0, 0.05) is 5.25 Å². The molecule has 18 heavy (non-hydrogen) atoms. The maximum atomic E-state index is 5.89. The summed E-state index contributed by atoms with van der Waals surface area (Å²) in [6, 6.07) is 0. The number of thioether (sulfide) groups is 1. The van der Waals surface area contributed by atoms with E-state index in [4.69, 9.17) is 5.73 Å². The molecule has 1 aliphatic heterocycles. The third-order valence-electron chi connectivity index (χ3n) is 4.09. The van der Waals surface area contributed by atoms with Gasteiger partial charge in [-0.3, -0.25) is 0 Å². The lowest BCUT2D eigenvalue weighted by atomic mass is 9.94. The predicted octanol–water partition coefficient (Wildman–Crippen LogP) is 3.22. The van der Waals surface area contributed by atoms with Crippen molar-refractivity contribution in [1.82, 2.24) is 4.90 Å². The van der Waals surface area contributed by atoms with E-state index in [-0.39, 0.29) is 0 Å². The average Bonchev–Trinajstić information content (AvgIpc) is 2.59. The van der Waals surface area contributed by atoms with E-state index in [1.54, 1.807) is 0 Å². The van der Waals surface area contributed by atoms with Gasteiger partial charge in [0.05, 0.1) is 0 Å². The topological polar surface area (TPSA) is 29.3 Å². The molecule has 1 fully saturated rings. The molecular weight excluding hydrogens is 240 g/mol. The molecule has 0 aromatic heterocycles. The standard InChI is InChI=1S/C15H32N2S/c1-13(2)11-14(12-16)6-9-17-8-4-5-15(18-3)7-10-17/h13-15H,4-12,16H2,1-3H3. The Hall–Kier alpha value is 0.270. The summed E-state index contributed by atoms with van der Waals surface area (Å²) in [6.45, 7) is 9.32. The van der Waals surface area contributed by atoms with Crippen LogP contribution in [0.3, 0.4) is 0 Å². The predicted molar refractivity (Wildman–Crippen MR) is 84.2 cm³/mol. The van der Waals surface area contributed by atoms with E-state index in [1.165, 1.54) is 51.7 Å². The number of nitrogens with two attached hydrogens (primary N) is 1. The zero-order valence-corrected chi connectivity index (χ0v) is 13.3. The Bertz CT molecular complexity index is 209. The molecule has 2 unspecified atom stereocenters. The van der Waals surface area contributed by atoms with Crippen LogP contribution in [0.4, 0.5) is 0 Å². The molecule has 1 rings (SSSR count). The van der Waals surface area contributed by atoms with Crippen LogP contribution in [-0.4, -0.2) is 42.6 Å². The van der Waals surface area contributed by atoms with Crippen molar-refractivity contribution >= 4 is 11.8 Å². The normalized spacial score (nSPS) is 24.2. The molecule has 0 aliphatic carbocycles. The van der Waals surface area contributed by atoms with Gasteiger partial charge < -0.3 is 10.6 Å². The van der Waals surface area contributed by atoms with Crippen molar-refractivity contribution in [2.24, 2.45) is 17.6 Å². The zero-order chi connectivity index (χ0) is 13.4. The van der Waals surface area contributed by atoms with Crippen molar-refractivity contribution in [2.45, 2.75) is 51.2 Å². The summed E-state index contributed by atoms with van der Waals surface area (Å²) in [7, 11) is 0. The molecule has 108 valence electrons. The molecule has 0 aromatic carbocycles. The van der Waals surface area contributed by atoms with E-state index in [2.05, 4.69) is 36.8 Å². The van der Waals surface area contributed by atoms with Crippen molar-refractivity contribution in [2.75, 3.05) is 32.4 Å². The number of likely N-dealkylation sites (tertiary alicyclic amines) is 1. The summed E-state index contributed by atoms with van der Waals surface area (Å²) in [5, 5.41) is 0.899. The minimum absolute atomic E-state index is 0.726. The number of hydrogen-bond donors (Lipinski definition) is 1. The molecule has 0 bridgehead atoms. The van der Waals surface area contributed by atoms with Crippen molar-refractivity contribution in [3.8, 4) is 0 Å². The summed E-state index contributed by atoms with van der Waals surface area (Å²) in [5.41, 5.74) is 5.89. The van der Waals surface area contributed by atoms with Crippen molar-refractivity contribution in [3.63, 3.8) is 0 Å². The van der Waals surface area contributed by atoms with E-state index >= 15 is 0 Å². The molecule has 3 heteroatoms. The maximum absolute atomic E-state index is 5.89. The van der Waals surface area contributed by atoms with Crippen LogP contribution in [0.5, 0.6) is 0 Å². The number of hydrogen-bond acceptors (Lipinski definition) is 3. The van der Waals surface area contributed by atoms with E-state index in [1.807, 2.05) is 0 Å². The molecule has 0 spiro atoms. The molecule has 2 N–H and O–H groups in total. The summed E-state index contributed by atoms with van der Waals surface area (Å²) in [6.07, 6.45) is 9.00. The Labute approximate surface area is 118 Å². The first-order chi connectivity index (χ1) is 8.65. The first-order valence-corrected chi connectivity index (χ1v) is 8.89. The smallest absolute Gasteiger partial charge is 0.00569 e. The Morgan fingerprint density at radius 3 is 2.67 bits per heavy atom. The van der Waals surface area contributed by atoms with Crippen LogP contribution >= 0.6 is 11.8 Å². The summed E-state index contributed by atoms with van der Waals surface area (Å²) in [5.74, 6) is 1.51. The second-order valence-corrected chi connectivity index (χ2v) is 7.29. The van der Waals surface area contributed by atoms with Gasteiger partial charge in [-0.15, -0.1) is 0 Å². The van der Waals surface area contributed by atoms with Gasteiger partial charge in [-0.25, -0.2) is 0 Å². The SMILES string of the molecule is CSC1CCCN(CCC(CN)CC(C)C)CC1. The van der Waals surface area contributed by atoms with Crippen LogP contribution in [0.25, 0.3) is 0 Å². The van der Waals surface area contributed by atoms with Gasteiger partial charge >= 0.3 is 0 Å². The summed E-state index contributed by atoms with van der Waals surface area (Å²) >= 11 is 2.05. The molecule has 1 saturated heterocycles. The lowest BCUT2D eigenvalue weighted by molar-refractivity contribution is 0.251.